The molecule has 1 aliphatic heterocycles. The zero-order valence-corrected chi connectivity index (χ0v) is 10.0. The van der Waals surface area contributed by atoms with E-state index in [4.69, 9.17) is 14.5 Å². The van der Waals surface area contributed by atoms with Gasteiger partial charge in [0, 0.05) is 13.3 Å². The minimum Gasteiger partial charge on any atom is -0.352 e. The predicted molar refractivity (Wildman–Crippen MR) is 51.3 cm³/mol. The Morgan fingerprint density at radius 1 is 1.33 bits per heavy atom. The molecule has 0 aromatic heterocycles. The van der Waals surface area contributed by atoms with Crippen molar-refractivity contribution in [1.82, 2.24) is 0 Å². The van der Waals surface area contributed by atoms with Crippen LogP contribution >= 0.6 is 15.4 Å². The second kappa shape index (κ2) is 5.06. The minimum absolute atomic E-state index is 0.438. The van der Waals surface area contributed by atoms with Crippen LogP contribution in [0, 0.1) is 0 Å². The van der Waals surface area contributed by atoms with Crippen LogP contribution in [0.5, 0.6) is 0 Å². The van der Waals surface area contributed by atoms with Gasteiger partial charge in [-0.1, -0.05) is 0 Å². The lowest BCUT2D eigenvalue weighted by molar-refractivity contribution is -0.115. The molecule has 0 bridgehead atoms. The smallest absolute Gasteiger partial charge is 0.352 e. The Balaban J connectivity index is 2.47. The van der Waals surface area contributed by atoms with Gasteiger partial charge in [-0.25, -0.2) is 8.88 Å². The summed E-state index contributed by atoms with van der Waals surface area (Å²) in [6.45, 7) is 1.24. The maximum absolute atomic E-state index is 11.2. The average molecular weight is 260 g/mol. The summed E-state index contributed by atoms with van der Waals surface area (Å²) >= 11 is 0. The highest BCUT2D eigenvalue weighted by Crippen LogP contribution is 2.58. The molecule has 0 saturated carbocycles. The maximum atomic E-state index is 11.2. The van der Waals surface area contributed by atoms with Gasteiger partial charge in [0.15, 0.2) is 6.29 Å². The van der Waals surface area contributed by atoms with E-state index in [9.17, 15) is 9.13 Å². The third kappa shape index (κ3) is 5.78. The van der Waals surface area contributed by atoms with Crippen molar-refractivity contribution in [2.45, 2.75) is 25.6 Å². The van der Waals surface area contributed by atoms with E-state index in [1.54, 1.807) is 0 Å². The fourth-order valence-corrected chi connectivity index (χ4v) is 3.30. The first-order valence-electron chi connectivity index (χ1n) is 4.43. The summed E-state index contributed by atoms with van der Waals surface area (Å²) in [6, 6.07) is 0. The fourth-order valence-electron chi connectivity index (χ4n) is 1.15. The van der Waals surface area contributed by atoms with Crippen molar-refractivity contribution in [2.75, 3.05) is 13.3 Å². The molecule has 3 atom stereocenters. The second-order valence-electron chi connectivity index (χ2n) is 3.25. The number of hydrogen-bond donors (Lipinski definition) is 2. The van der Waals surface area contributed by atoms with Gasteiger partial charge in [-0.15, -0.1) is 0 Å². The van der Waals surface area contributed by atoms with Crippen LogP contribution in [0.4, 0.5) is 0 Å². The molecule has 2 unspecified atom stereocenters. The third-order valence-corrected chi connectivity index (χ3v) is 4.18. The van der Waals surface area contributed by atoms with Crippen molar-refractivity contribution in [3.05, 3.63) is 0 Å². The van der Waals surface area contributed by atoms with Crippen molar-refractivity contribution in [1.29, 1.82) is 0 Å². The van der Waals surface area contributed by atoms with E-state index in [-0.39, 0.29) is 0 Å². The molecule has 0 radical (unpaired) electrons. The fraction of sp³-hybridized carbons (Fsp3) is 1.00. The Bertz CT molecular complexity index is 292. The molecule has 0 aromatic rings. The van der Waals surface area contributed by atoms with Gasteiger partial charge in [0.1, 0.15) is 0 Å². The number of hydrogen-bond acceptors (Lipinski definition) is 5. The van der Waals surface area contributed by atoms with Gasteiger partial charge in [0.05, 0.1) is 0 Å². The molecule has 15 heavy (non-hydrogen) atoms. The van der Waals surface area contributed by atoms with Gasteiger partial charge < -0.3 is 14.5 Å². The highest BCUT2D eigenvalue weighted by Gasteiger charge is 2.34. The Hall–Kier alpha value is 0.260. The van der Waals surface area contributed by atoms with Crippen molar-refractivity contribution in [3.8, 4) is 0 Å². The summed E-state index contributed by atoms with van der Waals surface area (Å²) in [5.74, 6) is 0. The van der Waals surface area contributed by atoms with E-state index < -0.39 is 21.7 Å². The van der Waals surface area contributed by atoms with Gasteiger partial charge in [-0.2, -0.15) is 0 Å². The van der Waals surface area contributed by atoms with E-state index in [0.29, 0.717) is 13.0 Å². The molecule has 7 nitrogen and oxygen atoms in total. The number of ether oxygens (including phenoxy) is 1. The summed E-state index contributed by atoms with van der Waals surface area (Å²) in [5.41, 5.74) is 0. The molecule has 0 amide bonds. The summed E-state index contributed by atoms with van der Waals surface area (Å²) < 4.78 is 35.6. The second-order valence-corrected chi connectivity index (χ2v) is 6.66. The Kier molecular flexibility index (Phi) is 4.50. The predicted octanol–water partition coefficient (Wildman–Crippen LogP) is 1.46. The Labute approximate surface area is 87.5 Å². The highest BCUT2D eigenvalue weighted by molar-refractivity contribution is 7.63. The van der Waals surface area contributed by atoms with Crippen LogP contribution in [0.25, 0.3) is 0 Å². The zero-order valence-electron chi connectivity index (χ0n) is 8.24. The summed E-state index contributed by atoms with van der Waals surface area (Å²) in [6.07, 6.45) is 1.30. The molecule has 0 aromatic carbocycles. The Morgan fingerprint density at radius 2 is 2.00 bits per heavy atom. The molecule has 2 N–H and O–H groups in total. The molecular formula is C6H14O7P2. The monoisotopic (exact) mass is 260 g/mol. The van der Waals surface area contributed by atoms with Crippen LogP contribution in [-0.4, -0.2) is 29.3 Å². The summed E-state index contributed by atoms with van der Waals surface area (Å²) in [5, 5.41) is 0. The van der Waals surface area contributed by atoms with Gasteiger partial charge in [-0.05, 0) is 19.3 Å². The number of phosphoric acid groups is 1. The first-order chi connectivity index (χ1) is 6.79. The number of rotatable bonds is 4. The van der Waals surface area contributed by atoms with Crippen LogP contribution < -0.4 is 0 Å². The third-order valence-electron chi connectivity index (χ3n) is 1.64. The van der Waals surface area contributed by atoms with Crippen LogP contribution in [0.2, 0.25) is 0 Å². The van der Waals surface area contributed by atoms with Crippen molar-refractivity contribution in [3.63, 3.8) is 0 Å². The zero-order chi connectivity index (χ0) is 11.5. The molecule has 1 rings (SSSR count). The van der Waals surface area contributed by atoms with E-state index >= 15 is 0 Å². The SMILES string of the molecule is CP(=O)(O)OP(=O)(O)O[C@@H]1CCCCO1. The Morgan fingerprint density at radius 3 is 2.47 bits per heavy atom. The van der Waals surface area contributed by atoms with Crippen LogP contribution in [0.15, 0.2) is 0 Å². The first kappa shape index (κ1) is 13.3. The van der Waals surface area contributed by atoms with Crippen molar-refractivity contribution in [2.24, 2.45) is 0 Å². The molecule has 1 heterocycles. The standard InChI is InChI=1S/C6H14O7P2/c1-14(7,8)13-15(9,10)12-6-4-2-3-5-11-6/h6H,2-5H2,1H3,(H,7,8)(H,9,10)/t6-/m1/s1. The van der Waals surface area contributed by atoms with E-state index in [1.807, 2.05) is 0 Å². The highest BCUT2D eigenvalue weighted by atomic mass is 31.3. The molecule has 1 aliphatic rings. The van der Waals surface area contributed by atoms with Crippen molar-refractivity contribution >= 4 is 15.4 Å². The topological polar surface area (TPSA) is 102 Å². The molecule has 0 aliphatic carbocycles. The lowest BCUT2D eigenvalue weighted by Crippen LogP contribution is -2.21. The van der Waals surface area contributed by atoms with Gasteiger partial charge in [0.2, 0.25) is 0 Å². The summed E-state index contributed by atoms with van der Waals surface area (Å²) in [4.78, 5) is 17.9. The number of phosphoric ester groups is 1. The average Bonchev–Trinajstić information content (AvgIpc) is 1.99. The molecule has 1 saturated heterocycles. The normalized spacial score (nSPS) is 30.5. The van der Waals surface area contributed by atoms with E-state index in [1.165, 1.54) is 0 Å². The van der Waals surface area contributed by atoms with Gasteiger partial charge in [0.25, 0.3) is 0 Å². The van der Waals surface area contributed by atoms with Crippen LogP contribution in [0.3, 0.4) is 0 Å². The van der Waals surface area contributed by atoms with E-state index in [2.05, 4.69) is 8.83 Å². The molecule has 0 spiro atoms. The van der Waals surface area contributed by atoms with Gasteiger partial charge >= 0.3 is 15.4 Å². The van der Waals surface area contributed by atoms with Crippen LogP contribution in [-0.2, 0) is 22.7 Å². The van der Waals surface area contributed by atoms with Crippen LogP contribution in [0.1, 0.15) is 19.3 Å². The lowest BCUT2D eigenvalue weighted by atomic mass is 10.2. The molecular weight excluding hydrogens is 246 g/mol. The first-order valence-corrected chi connectivity index (χ1v) is 7.95. The lowest BCUT2D eigenvalue weighted by Gasteiger charge is -2.24. The maximum Gasteiger partial charge on any atom is 0.481 e. The van der Waals surface area contributed by atoms with E-state index in [0.717, 1.165) is 19.5 Å². The minimum atomic E-state index is -4.52. The quantitative estimate of drug-likeness (QED) is 0.737. The van der Waals surface area contributed by atoms with Crippen molar-refractivity contribution < 1.29 is 32.5 Å². The summed E-state index contributed by atoms with van der Waals surface area (Å²) in [7, 11) is -8.57. The van der Waals surface area contributed by atoms with Gasteiger partial charge in [-0.3, -0.25) is 9.09 Å². The molecule has 1 fully saturated rings. The molecule has 9 heteroatoms. The molecule has 90 valence electrons. The largest absolute Gasteiger partial charge is 0.481 e.